The van der Waals surface area contributed by atoms with Gasteiger partial charge in [0.25, 0.3) is 0 Å². The van der Waals surface area contributed by atoms with E-state index in [2.05, 4.69) is 31.2 Å². The number of carbonyl (C=O) groups is 1. The predicted octanol–water partition coefficient (Wildman–Crippen LogP) is 2.22. The van der Waals surface area contributed by atoms with Gasteiger partial charge in [0.05, 0.1) is 12.4 Å². The fraction of sp³-hybridized carbons (Fsp3) is 0.500. The number of aromatic nitrogens is 2. The van der Waals surface area contributed by atoms with Gasteiger partial charge in [-0.3, -0.25) is 4.79 Å². The summed E-state index contributed by atoms with van der Waals surface area (Å²) >= 11 is 3.19. The predicted molar refractivity (Wildman–Crippen MR) is 60.2 cm³/mol. The normalized spacial score (nSPS) is 17.2. The molecule has 80 valence electrons. The number of nitrogens with zero attached hydrogens (tertiary/aromatic N) is 2. The van der Waals surface area contributed by atoms with E-state index in [0.29, 0.717) is 16.3 Å². The molecule has 1 amide bonds. The van der Waals surface area contributed by atoms with E-state index in [1.54, 1.807) is 12.4 Å². The number of hydrogen-bond donors (Lipinski definition) is 1. The molecule has 15 heavy (non-hydrogen) atoms. The molecule has 1 aliphatic carbocycles. The van der Waals surface area contributed by atoms with Crippen LogP contribution in [0.3, 0.4) is 0 Å². The lowest BCUT2D eigenvalue weighted by atomic mass is 10.1. The largest absolute Gasteiger partial charge is 0.309 e. The topological polar surface area (TPSA) is 54.9 Å². The minimum atomic E-state index is 0.0362. The average Bonchev–Trinajstić information content (AvgIpc) is 3.04. The van der Waals surface area contributed by atoms with Gasteiger partial charge in [-0.05, 0) is 34.7 Å². The first-order valence-corrected chi connectivity index (χ1v) is 5.74. The molecule has 0 aliphatic heterocycles. The molecule has 1 unspecified atom stereocenters. The average molecular weight is 270 g/mol. The highest BCUT2D eigenvalue weighted by Gasteiger charge is 2.32. The first-order chi connectivity index (χ1) is 7.16. The van der Waals surface area contributed by atoms with Gasteiger partial charge in [-0.2, -0.15) is 0 Å². The van der Waals surface area contributed by atoms with E-state index in [9.17, 15) is 4.79 Å². The van der Waals surface area contributed by atoms with Crippen molar-refractivity contribution in [3.05, 3.63) is 17.0 Å². The highest BCUT2D eigenvalue weighted by molar-refractivity contribution is 9.10. The van der Waals surface area contributed by atoms with Crippen molar-refractivity contribution in [3.8, 4) is 0 Å². The van der Waals surface area contributed by atoms with Gasteiger partial charge in [-0.1, -0.05) is 6.92 Å². The fourth-order valence-electron chi connectivity index (χ4n) is 1.43. The van der Waals surface area contributed by atoms with Gasteiger partial charge in [0.2, 0.25) is 5.91 Å². The quantitative estimate of drug-likeness (QED) is 0.916. The Morgan fingerprint density at radius 3 is 2.80 bits per heavy atom. The molecule has 1 aromatic heterocycles. The van der Waals surface area contributed by atoms with E-state index < -0.39 is 0 Å². The molecule has 0 radical (unpaired) electrons. The third kappa shape index (κ3) is 2.75. The summed E-state index contributed by atoms with van der Waals surface area (Å²) in [5.74, 6) is 1.19. The van der Waals surface area contributed by atoms with Crippen LogP contribution in [0.15, 0.2) is 17.0 Å². The summed E-state index contributed by atoms with van der Waals surface area (Å²) in [5.41, 5.74) is 0. The summed E-state index contributed by atoms with van der Waals surface area (Å²) in [4.78, 5) is 19.7. The van der Waals surface area contributed by atoms with Crippen molar-refractivity contribution in [3.63, 3.8) is 0 Å². The summed E-state index contributed by atoms with van der Waals surface area (Å²) in [6.45, 7) is 1.96. The maximum absolute atomic E-state index is 11.7. The number of hydrogen-bond acceptors (Lipinski definition) is 3. The molecule has 1 aliphatic rings. The zero-order valence-corrected chi connectivity index (χ0v) is 9.99. The van der Waals surface area contributed by atoms with Gasteiger partial charge >= 0.3 is 0 Å². The second kappa shape index (κ2) is 4.26. The molecular formula is C10H12BrN3O. The lowest BCUT2D eigenvalue weighted by molar-refractivity contribution is -0.119. The Morgan fingerprint density at radius 2 is 2.27 bits per heavy atom. The summed E-state index contributed by atoms with van der Waals surface area (Å²) < 4.78 is 0.663. The van der Waals surface area contributed by atoms with Crippen molar-refractivity contribution >= 4 is 27.7 Å². The van der Waals surface area contributed by atoms with Gasteiger partial charge in [0.1, 0.15) is 4.60 Å². The molecule has 0 spiro atoms. The minimum absolute atomic E-state index is 0.0362. The van der Waals surface area contributed by atoms with Gasteiger partial charge < -0.3 is 5.32 Å². The highest BCUT2D eigenvalue weighted by atomic mass is 79.9. The third-order valence-electron chi connectivity index (χ3n) is 2.61. The molecule has 1 fully saturated rings. The Balaban J connectivity index is 1.95. The van der Waals surface area contributed by atoms with Crippen molar-refractivity contribution in [1.82, 2.24) is 9.97 Å². The molecule has 5 heteroatoms. The van der Waals surface area contributed by atoms with Crippen LogP contribution in [0.4, 0.5) is 5.82 Å². The Labute approximate surface area is 96.6 Å². The maximum atomic E-state index is 11.7. The molecule has 1 saturated carbocycles. The molecular weight excluding hydrogens is 258 g/mol. The minimum Gasteiger partial charge on any atom is -0.309 e. The van der Waals surface area contributed by atoms with E-state index in [4.69, 9.17) is 0 Å². The van der Waals surface area contributed by atoms with E-state index in [1.807, 2.05) is 6.92 Å². The van der Waals surface area contributed by atoms with Gasteiger partial charge in [-0.15, -0.1) is 0 Å². The van der Waals surface area contributed by atoms with E-state index in [0.717, 1.165) is 0 Å². The number of anilines is 1. The Morgan fingerprint density at radius 1 is 1.53 bits per heavy atom. The summed E-state index contributed by atoms with van der Waals surface area (Å²) in [6.07, 6.45) is 5.44. The van der Waals surface area contributed by atoms with E-state index in [1.165, 1.54) is 12.8 Å². The Hall–Kier alpha value is -0.970. The molecule has 1 heterocycles. The van der Waals surface area contributed by atoms with Crippen molar-refractivity contribution in [2.45, 2.75) is 19.8 Å². The number of amides is 1. The molecule has 1 N–H and O–H groups in total. The molecule has 2 rings (SSSR count). The smallest absolute Gasteiger partial charge is 0.228 e. The van der Waals surface area contributed by atoms with Crippen LogP contribution in [0.1, 0.15) is 19.8 Å². The first-order valence-electron chi connectivity index (χ1n) is 4.95. The van der Waals surface area contributed by atoms with Crippen LogP contribution in [0, 0.1) is 11.8 Å². The zero-order chi connectivity index (χ0) is 10.8. The van der Waals surface area contributed by atoms with E-state index >= 15 is 0 Å². The second-order valence-corrected chi connectivity index (χ2v) is 4.65. The monoisotopic (exact) mass is 269 g/mol. The molecule has 0 aromatic carbocycles. The number of carbonyl (C=O) groups excluding carboxylic acids is 1. The third-order valence-corrected chi connectivity index (χ3v) is 3.02. The highest BCUT2D eigenvalue weighted by Crippen LogP contribution is 2.36. The van der Waals surface area contributed by atoms with Crippen LogP contribution in [-0.2, 0) is 4.79 Å². The Kier molecular flexibility index (Phi) is 3.00. The summed E-state index contributed by atoms with van der Waals surface area (Å²) in [5, 5.41) is 2.76. The first kappa shape index (κ1) is 10.5. The lowest BCUT2D eigenvalue weighted by Gasteiger charge is -2.09. The standard InChI is InChI=1S/C10H12BrN3O/c1-6(7-2-3-7)10(15)14-9-5-12-8(11)4-13-9/h4-7H,2-3H2,1H3,(H,13,14,15). The van der Waals surface area contributed by atoms with Crippen LogP contribution in [0.25, 0.3) is 0 Å². The van der Waals surface area contributed by atoms with Crippen LogP contribution < -0.4 is 5.32 Å². The van der Waals surface area contributed by atoms with Crippen molar-refractivity contribution in [1.29, 1.82) is 0 Å². The number of rotatable bonds is 3. The van der Waals surface area contributed by atoms with Gasteiger partial charge in [-0.25, -0.2) is 9.97 Å². The zero-order valence-electron chi connectivity index (χ0n) is 8.40. The maximum Gasteiger partial charge on any atom is 0.228 e. The van der Waals surface area contributed by atoms with Crippen LogP contribution in [-0.4, -0.2) is 15.9 Å². The van der Waals surface area contributed by atoms with Crippen molar-refractivity contribution in [2.24, 2.45) is 11.8 Å². The molecule has 4 nitrogen and oxygen atoms in total. The van der Waals surface area contributed by atoms with Crippen LogP contribution in [0.2, 0.25) is 0 Å². The fourth-order valence-corrected chi connectivity index (χ4v) is 1.63. The second-order valence-electron chi connectivity index (χ2n) is 3.84. The summed E-state index contributed by atoms with van der Waals surface area (Å²) in [7, 11) is 0. The number of halogens is 1. The van der Waals surface area contributed by atoms with Gasteiger partial charge in [0, 0.05) is 5.92 Å². The molecule has 0 bridgehead atoms. The van der Waals surface area contributed by atoms with Crippen molar-refractivity contribution in [2.75, 3.05) is 5.32 Å². The molecule has 0 saturated heterocycles. The van der Waals surface area contributed by atoms with Crippen LogP contribution >= 0.6 is 15.9 Å². The Bertz CT molecular complexity index is 361. The number of nitrogens with one attached hydrogen (secondary N) is 1. The molecule has 1 atom stereocenters. The summed E-state index contributed by atoms with van der Waals surface area (Å²) in [6, 6.07) is 0. The van der Waals surface area contributed by atoms with E-state index in [-0.39, 0.29) is 11.8 Å². The van der Waals surface area contributed by atoms with Crippen LogP contribution in [0.5, 0.6) is 0 Å². The van der Waals surface area contributed by atoms with Crippen molar-refractivity contribution < 1.29 is 4.79 Å². The lowest BCUT2D eigenvalue weighted by Crippen LogP contribution is -2.22. The van der Waals surface area contributed by atoms with Gasteiger partial charge in [0.15, 0.2) is 5.82 Å². The molecule has 1 aromatic rings. The SMILES string of the molecule is CC(C(=O)Nc1cnc(Br)cn1)C1CC1.